The first-order valence-electron chi connectivity index (χ1n) is 5.27. The molecule has 0 radical (unpaired) electrons. The lowest BCUT2D eigenvalue weighted by Crippen LogP contribution is -2.13. The molecule has 0 aliphatic carbocycles. The van der Waals surface area contributed by atoms with E-state index in [1.165, 1.54) is 0 Å². The highest BCUT2D eigenvalue weighted by atomic mass is 35.5. The number of carbonyl (C=O) groups excluding carboxylic acids is 1. The van der Waals surface area contributed by atoms with Crippen molar-refractivity contribution < 1.29 is 18.3 Å². The number of hydrogen-bond acceptors (Lipinski definition) is 4. The molecule has 0 aliphatic rings. The van der Waals surface area contributed by atoms with Gasteiger partial charge in [0.05, 0.1) is 13.0 Å². The smallest absolute Gasteiger partial charge is 0.310 e. The molecule has 100 valence electrons. The van der Waals surface area contributed by atoms with Crippen LogP contribution in [0.5, 0.6) is 0 Å². The van der Waals surface area contributed by atoms with Crippen LogP contribution in [0.2, 0.25) is 0 Å². The summed E-state index contributed by atoms with van der Waals surface area (Å²) in [5, 5.41) is 0. The second-order valence-corrected chi connectivity index (χ2v) is 3.74. The maximum Gasteiger partial charge on any atom is 0.310 e. The number of halogens is 3. The van der Waals surface area contributed by atoms with Gasteiger partial charge in [-0.05, 0) is 12.5 Å². The number of carbonyl (C=O) groups is 1. The molecule has 0 atom stereocenters. The molecule has 0 aliphatic heterocycles. The fraction of sp³-hybridized carbons (Fsp3) is 0.455. The minimum absolute atomic E-state index is 0.0168. The summed E-state index contributed by atoms with van der Waals surface area (Å²) >= 11 is 5.65. The lowest BCUT2D eigenvalue weighted by atomic mass is 10.0. The zero-order chi connectivity index (χ0) is 13.7. The fourth-order valence-corrected chi connectivity index (χ4v) is 1.84. The van der Waals surface area contributed by atoms with Gasteiger partial charge in [-0.25, -0.2) is 13.8 Å². The predicted octanol–water partition coefficient (Wildman–Crippen LogP) is 2.45. The quantitative estimate of drug-likeness (QED) is 0.664. The van der Waals surface area contributed by atoms with Crippen molar-refractivity contribution in [3.63, 3.8) is 0 Å². The highest BCUT2D eigenvalue weighted by Gasteiger charge is 2.20. The van der Waals surface area contributed by atoms with Crippen LogP contribution < -0.4 is 5.73 Å². The monoisotopic (exact) mass is 278 g/mol. The van der Waals surface area contributed by atoms with Gasteiger partial charge in [-0.15, -0.1) is 11.6 Å². The van der Waals surface area contributed by atoms with Crippen LogP contribution in [0.15, 0.2) is 6.20 Å². The van der Waals surface area contributed by atoms with Crippen molar-refractivity contribution >= 4 is 23.4 Å². The third kappa shape index (κ3) is 3.29. The number of esters is 1. The second kappa shape index (κ2) is 6.49. The lowest BCUT2D eigenvalue weighted by Gasteiger charge is -2.13. The van der Waals surface area contributed by atoms with Crippen LogP contribution in [0.4, 0.5) is 14.6 Å². The standard InChI is InChI=1S/C11H13ClF2N2O2/c1-2-18-9(17)3-6-7(4-12)8(10(13)14)5-16-11(6)15/h5,10H,2-4H2,1H3,(H2,15,16). The Labute approximate surface area is 108 Å². The van der Waals surface area contributed by atoms with Gasteiger partial charge in [-0.2, -0.15) is 0 Å². The number of aromatic nitrogens is 1. The number of rotatable bonds is 5. The largest absolute Gasteiger partial charge is 0.466 e. The van der Waals surface area contributed by atoms with E-state index in [1.54, 1.807) is 6.92 Å². The molecule has 0 fully saturated rings. The molecule has 1 aromatic heterocycles. The molecular weight excluding hydrogens is 266 g/mol. The number of anilines is 1. The summed E-state index contributed by atoms with van der Waals surface area (Å²) in [6.45, 7) is 1.86. The normalized spacial score (nSPS) is 10.7. The number of alkyl halides is 3. The van der Waals surface area contributed by atoms with Crippen molar-refractivity contribution in [1.29, 1.82) is 0 Å². The molecule has 1 rings (SSSR count). The molecular formula is C11H13ClF2N2O2. The molecule has 18 heavy (non-hydrogen) atoms. The van der Waals surface area contributed by atoms with Gasteiger partial charge in [0, 0.05) is 23.2 Å². The van der Waals surface area contributed by atoms with Crippen LogP contribution in [0.25, 0.3) is 0 Å². The van der Waals surface area contributed by atoms with E-state index in [9.17, 15) is 13.6 Å². The summed E-state index contributed by atoms with van der Waals surface area (Å²) in [5.41, 5.74) is 5.64. The van der Waals surface area contributed by atoms with Crippen LogP contribution in [-0.2, 0) is 21.8 Å². The van der Waals surface area contributed by atoms with Gasteiger partial charge in [0.1, 0.15) is 5.82 Å². The maximum atomic E-state index is 12.8. The van der Waals surface area contributed by atoms with E-state index in [0.29, 0.717) is 0 Å². The topological polar surface area (TPSA) is 65.2 Å². The first-order valence-corrected chi connectivity index (χ1v) is 5.80. The predicted molar refractivity (Wildman–Crippen MR) is 63.5 cm³/mol. The van der Waals surface area contributed by atoms with Crippen LogP contribution in [0, 0.1) is 0 Å². The Balaban J connectivity index is 3.15. The molecule has 0 amide bonds. The third-order valence-corrected chi connectivity index (χ3v) is 2.63. The number of ether oxygens (including phenoxy) is 1. The highest BCUT2D eigenvalue weighted by molar-refractivity contribution is 6.17. The molecule has 0 bridgehead atoms. The van der Waals surface area contributed by atoms with Crippen LogP contribution in [0.3, 0.4) is 0 Å². The van der Waals surface area contributed by atoms with Crippen molar-refractivity contribution in [2.75, 3.05) is 12.3 Å². The summed E-state index contributed by atoms with van der Waals surface area (Å²) in [6.07, 6.45) is -1.95. The summed E-state index contributed by atoms with van der Waals surface area (Å²) in [5.74, 6) is -0.701. The molecule has 0 saturated carbocycles. The second-order valence-electron chi connectivity index (χ2n) is 3.47. The molecule has 7 heteroatoms. The average molecular weight is 279 g/mol. The highest BCUT2D eigenvalue weighted by Crippen LogP contribution is 2.29. The number of nitrogens with two attached hydrogens (primary N) is 1. The Morgan fingerprint density at radius 3 is 2.72 bits per heavy atom. The van der Waals surface area contributed by atoms with Crippen LogP contribution in [-0.4, -0.2) is 17.6 Å². The molecule has 1 heterocycles. The van der Waals surface area contributed by atoms with E-state index in [1.807, 2.05) is 0 Å². The number of pyridine rings is 1. The summed E-state index contributed by atoms with van der Waals surface area (Å²) in [6, 6.07) is 0. The Kier molecular flexibility index (Phi) is 5.27. The van der Waals surface area contributed by atoms with Crippen LogP contribution in [0.1, 0.15) is 30.0 Å². The van der Waals surface area contributed by atoms with E-state index in [-0.39, 0.29) is 41.4 Å². The summed E-state index contributed by atoms with van der Waals surface area (Å²) in [4.78, 5) is 15.0. The van der Waals surface area contributed by atoms with Crippen molar-refractivity contribution in [3.8, 4) is 0 Å². The number of hydrogen-bond donors (Lipinski definition) is 1. The van der Waals surface area contributed by atoms with Gasteiger partial charge in [0.2, 0.25) is 0 Å². The van der Waals surface area contributed by atoms with Gasteiger partial charge >= 0.3 is 5.97 Å². The van der Waals surface area contributed by atoms with E-state index in [0.717, 1.165) is 6.20 Å². The minimum Gasteiger partial charge on any atom is -0.466 e. The van der Waals surface area contributed by atoms with Crippen molar-refractivity contribution in [2.24, 2.45) is 0 Å². The molecule has 1 aromatic rings. The third-order valence-electron chi connectivity index (χ3n) is 2.36. The van der Waals surface area contributed by atoms with Gasteiger partial charge in [0.25, 0.3) is 6.43 Å². The number of nitrogens with zero attached hydrogens (tertiary/aromatic N) is 1. The Morgan fingerprint density at radius 2 is 2.22 bits per heavy atom. The SMILES string of the molecule is CCOC(=O)Cc1c(N)ncc(C(F)F)c1CCl. The fourth-order valence-electron chi connectivity index (χ4n) is 1.52. The van der Waals surface area contributed by atoms with E-state index in [2.05, 4.69) is 4.98 Å². The summed E-state index contributed by atoms with van der Waals surface area (Å²) in [7, 11) is 0. The average Bonchev–Trinajstić information content (AvgIpc) is 2.31. The maximum absolute atomic E-state index is 12.8. The molecule has 0 spiro atoms. The Morgan fingerprint density at radius 1 is 1.56 bits per heavy atom. The molecule has 0 unspecified atom stereocenters. The molecule has 0 aromatic carbocycles. The zero-order valence-electron chi connectivity index (χ0n) is 9.75. The molecule has 0 saturated heterocycles. The molecule has 2 N–H and O–H groups in total. The van der Waals surface area contributed by atoms with Gasteiger partial charge in [0.15, 0.2) is 0 Å². The van der Waals surface area contributed by atoms with E-state index in [4.69, 9.17) is 22.1 Å². The van der Waals surface area contributed by atoms with Gasteiger partial charge < -0.3 is 10.5 Å². The van der Waals surface area contributed by atoms with Gasteiger partial charge in [-0.1, -0.05) is 0 Å². The Hall–Kier alpha value is -1.43. The van der Waals surface area contributed by atoms with Crippen LogP contribution >= 0.6 is 11.6 Å². The van der Waals surface area contributed by atoms with E-state index < -0.39 is 12.4 Å². The molecule has 4 nitrogen and oxygen atoms in total. The van der Waals surface area contributed by atoms with Crippen molar-refractivity contribution in [1.82, 2.24) is 4.98 Å². The minimum atomic E-state index is -2.72. The van der Waals surface area contributed by atoms with Gasteiger partial charge in [-0.3, -0.25) is 4.79 Å². The first-order chi connectivity index (χ1) is 8.51. The zero-order valence-corrected chi connectivity index (χ0v) is 10.5. The van der Waals surface area contributed by atoms with Crippen molar-refractivity contribution in [2.45, 2.75) is 25.7 Å². The summed E-state index contributed by atoms with van der Waals surface area (Å²) < 4.78 is 30.3. The first kappa shape index (κ1) is 14.6. The van der Waals surface area contributed by atoms with Crippen molar-refractivity contribution in [3.05, 3.63) is 22.9 Å². The van der Waals surface area contributed by atoms with E-state index >= 15 is 0 Å². The lowest BCUT2D eigenvalue weighted by molar-refractivity contribution is -0.142. The number of nitrogen functional groups attached to an aromatic ring is 1. The Bertz CT molecular complexity index is 441.